The van der Waals surface area contributed by atoms with Crippen molar-refractivity contribution in [2.24, 2.45) is 11.8 Å². The molecule has 0 aromatic heterocycles. The van der Waals surface area contributed by atoms with Crippen LogP contribution >= 0.6 is 46.4 Å². The second-order valence-corrected chi connectivity index (χ2v) is 33.6. The molecule has 123 heavy (non-hydrogen) atoms. The molecule has 8 N–H and O–H groups in total. The standard InChI is InChI=1S/C92H107Cl4N9O18/c1-8-57(4)81(103-87(113)78-33-20-46-104(78)88(114)72(43-45-80(107)122-53-62-26-16-11-17-27-62)98-85(111)75(49-58-22-12-9-13-23-58)102-91(118)123-92(5,6)7)89(115)105-47-21-32-77(105)86(112)97-71(42-44-79(106)121-52-61-24-14-10-15-25-61)82(108)99-73(50-59-34-38-63(39-35-59)119-54-65-67(93)28-18-29-68(65)94)83(109)100-74(84(110)101-76(90(116)117)48-56(2)3)51-60-36-40-64(41-37-60)120-55-66-69(95)30-19-31-70(66)96/h9-19,22-31,34-41,56-57,71-78,81H,8,20-21,32-33,42-55H2,1-7H3,(H,97,112)(H,98,111)(H,99,108)(H,100,109)(H,101,110)(H,102,118)(H,103,113)(H,116,117)/t57-,71-,72-,73-,74-,75-,76-,77-,78-,81-/m0/s1. The van der Waals surface area contributed by atoms with Gasteiger partial charge in [-0.2, -0.15) is 0 Å². The molecule has 2 aliphatic heterocycles. The van der Waals surface area contributed by atoms with E-state index >= 15 is 28.8 Å². The minimum atomic E-state index is -1.65. The average molecular weight is 1770 g/mol. The number of nitrogens with one attached hydrogen (secondary N) is 7. The van der Waals surface area contributed by atoms with E-state index in [1.165, 1.54) is 9.80 Å². The Kier molecular flexibility index (Phi) is 36.4. The largest absolute Gasteiger partial charge is 0.489 e. The van der Waals surface area contributed by atoms with Gasteiger partial charge in [-0.15, -0.1) is 0 Å². The van der Waals surface area contributed by atoms with E-state index in [2.05, 4.69) is 37.2 Å². The number of amides is 9. The molecule has 31 heteroatoms. The number of likely N-dealkylation sites (tertiary alicyclic amines) is 2. The molecular weight excluding hydrogens is 1660 g/mol. The van der Waals surface area contributed by atoms with Gasteiger partial charge in [0.15, 0.2) is 0 Å². The monoisotopic (exact) mass is 1770 g/mol. The minimum Gasteiger partial charge on any atom is -0.489 e. The molecule has 656 valence electrons. The van der Waals surface area contributed by atoms with E-state index in [1.54, 1.807) is 218 Å². The molecule has 9 amide bonds. The van der Waals surface area contributed by atoms with Crippen LogP contribution in [0.1, 0.15) is 152 Å². The Balaban J connectivity index is 0.976. The Bertz CT molecular complexity index is 4740. The molecule has 0 aliphatic carbocycles. The van der Waals surface area contributed by atoms with E-state index in [0.29, 0.717) is 83.4 Å². The lowest BCUT2D eigenvalue weighted by atomic mass is 9.96. The molecule has 9 rings (SSSR count). The summed E-state index contributed by atoms with van der Waals surface area (Å²) in [6, 6.07) is 36.9. The van der Waals surface area contributed by atoms with Gasteiger partial charge in [0.05, 0.1) is 0 Å². The first-order valence-corrected chi connectivity index (χ1v) is 42.7. The van der Waals surface area contributed by atoms with Gasteiger partial charge < -0.3 is 75.8 Å². The summed E-state index contributed by atoms with van der Waals surface area (Å²) in [6.45, 7) is 11.9. The summed E-state index contributed by atoms with van der Waals surface area (Å²) in [5.41, 5.74) is 3.08. The van der Waals surface area contributed by atoms with Crippen LogP contribution < -0.4 is 46.7 Å². The number of carbonyl (C=O) groups is 12. The lowest BCUT2D eigenvalue weighted by Gasteiger charge is -2.34. The summed E-state index contributed by atoms with van der Waals surface area (Å²) in [7, 11) is 0. The van der Waals surface area contributed by atoms with Crippen molar-refractivity contribution < 1.29 is 86.3 Å². The fraction of sp³-hybridized carbons (Fsp3) is 0.413. The first-order valence-electron chi connectivity index (χ1n) is 41.2. The lowest BCUT2D eigenvalue weighted by molar-refractivity contribution is -0.147. The SMILES string of the molecule is CC[C@H](C)[C@H](NC(=O)[C@@H]1CCCN1C(=O)[C@H](CCC(=O)OCc1ccccc1)NC(=O)[C@H](Cc1ccccc1)NC(=O)OC(C)(C)C)C(=O)N1CCC[C@H]1C(=O)N[C@@H](CCC(=O)OCc1ccccc1)C(=O)N[C@@H](Cc1ccc(OCc2c(Cl)cccc2Cl)cc1)C(=O)N[C@@H](Cc1ccc(OCc2c(Cl)cccc2Cl)cc1)C(=O)N[C@@H](CC(C)C)C(=O)O. The fourth-order valence-corrected chi connectivity index (χ4v) is 15.1. The van der Waals surface area contributed by atoms with Gasteiger partial charge in [-0.1, -0.05) is 208 Å². The number of carboxylic acids is 1. The molecule has 2 aliphatic rings. The molecule has 0 unspecified atom stereocenters. The first-order chi connectivity index (χ1) is 58.8. The number of ether oxygens (including phenoxy) is 5. The highest BCUT2D eigenvalue weighted by molar-refractivity contribution is 6.36. The van der Waals surface area contributed by atoms with E-state index in [9.17, 15) is 33.9 Å². The number of nitrogens with zero attached hydrogens (tertiary/aromatic N) is 2. The van der Waals surface area contributed by atoms with Crippen LogP contribution in [-0.4, -0.2) is 159 Å². The van der Waals surface area contributed by atoms with Crippen molar-refractivity contribution in [1.82, 2.24) is 47.0 Å². The van der Waals surface area contributed by atoms with Crippen molar-refractivity contribution in [3.8, 4) is 11.5 Å². The third-order valence-corrected chi connectivity index (χ3v) is 22.4. The highest BCUT2D eigenvalue weighted by Crippen LogP contribution is 2.31. The van der Waals surface area contributed by atoms with Gasteiger partial charge in [-0.3, -0.25) is 47.9 Å². The van der Waals surface area contributed by atoms with Crippen LogP contribution in [0.25, 0.3) is 0 Å². The Morgan fingerprint density at radius 2 is 0.805 bits per heavy atom. The number of aliphatic carboxylic acids is 1. The molecular formula is C92H107Cl4N9O18. The summed E-state index contributed by atoms with van der Waals surface area (Å²) < 4.78 is 28.9. The normalized spacial score (nSPS) is 15.7. The van der Waals surface area contributed by atoms with E-state index in [4.69, 9.17) is 70.1 Å². The van der Waals surface area contributed by atoms with E-state index in [1.807, 2.05) is 6.07 Å². The number of halogens is 4. The number of carboxylic acid groups (broad SMARTS) is 1. The number of benzene rings is 7. The van der Waals surface area contributed by atoms with Crippen LogP contribution in [0, 0.1) is 11.8 Å². The van der Waals surface area contributed by atoms with Gasteiger partial charge in [-0.25, -0.2) is 9.59 Å². The molecule has 7 aromatic rings. The molecule has 2 saturated heterocycles. The zero-order chi connectivity index (χ0) is 88.9. The van der Waals surface area contributed by atoms with Crippen LogP contribution in [-0.2, 0) is 113 Å². The molecule has 0 bridgehead atoms. The Morgan fingerprint density at radius 1 is 0.431 bits per heavy atom. The third-order valence-electron chi connectivity index (χ3n) is 21.0. The first kappa shape index (κ1) is 95.6. The maximum absolute atomic E-state index is 15.5. The van der Waals surface area contributed by atoms with Gasteiger partial charge in [0.1, 0.15) is 97.9 Å². The fourth-order valence-electron chi connectivity index (χ4n) is 14.1. The molecule has 0 spiro atoms. The summed E-state index contributed by atoms with van der Waals surface area (Å²) in [4.78, 5) is 177. The average Bonchev–Trinajstić information content (AvgIpc) is 1.70. The van der Waals surface area contributed by atoms with Gasteiger partial charge in [0.2, 0.25) is 47.3 Å². The van der Waals surface area contributed by atoms with Gasteiger partial charge in [0, 0.05) is 76.4 Å². The molecule has 27 nitrogen and oxygen atoms in total. The van der Waals surface area contributed by atoms with Crippen LogP contribution in [0.4, 0.5) is 4.79 Å². The number of esters is 2. The van der Waals surface area contributed by atoms with Crippen LogP contribution in [0.15, 0.2) is 176 Å². The Labute approximate surface area is 736 Å². The zero-order valence-electron chi connectivity index (χ0n) is 69.8. The van der Waals surface area contributed by atoms with Gasteiger partial charge >= 0.3 is 24.0 Å². The maximum Gasteiger partial charge on any atom is 0.408 e. The Hall–Kier alpha value is -11.3. The summed E-state index contributed by atoms with van der Waals surface area (Å²) >= 11 is 25.8. The Morgan fingerprint density at radius 3 is 1.22 bits per heavy atom. The summed E-state index contributed by atoms with van der Waals surface area (Å²) in [5, 5.41) is 31.2. The van der Waals surface area contributed by atoms with Gasteiger partial charge in [0.25, 0.3) is 0 Å². The molecule has 10 atom stereocenters. The molecule has 2 heterocycles. The third kappa shape index (κ3) is 29.8. The second-order valence-electron chi connectivity index (χ2n) is 32.0. The van der Waals surface area contributed by atoms with Crippen molar-refractivity contribution in [1.29, 1.82) is 0 Å². The highest BCUT2D eigenvalue weighted by Gasteiger charge is 2.45. The lowest BCUT2D eigenvalue weighted by Crippen LogP contribution is -2.61. The number of carbonyl (C=O) groups excluding carboxylic acids is 11. The number of alkyl carbamates (subject to hydrolysis) is 1. The van der Waals surface area contributed by atoms with Crippen molar-refractivity contribution in [2.45, 2.75) is 218 Å². The minimum absolute atomic E-state index is 0.00885. The van der Waals surface area contributed by atoms with Gasteiger partial charge in [-0.05, 0) is 154 Å². The van der Waals surface area contributed by atoms with E-state index in [0.717, 1.165) is 0 Å². The molecule has 0 radical (unpaired) electrons. The predicted octanol–water partition coefficient (Wildman–Crippen LogP) is 12.5. The van der Waals surface area contributed by atoms with Crippen molar-refractivity contribution in [2.75, 3.05) is 13.1 Å². The van der Waals surface area contributed by atoms with Crippen LogP contribution in [0.2, 0.25) is 20.1 Å². The number of hydrogen-bond acceptors (Lipinski definition) is 17. The topological polar surface area (TPSA) is 362 Å². The van der Waals surface area contributed by atoms with E-state index in [-0.39, 0.29) is 103 Å². The van der Waals surface area contributed by atoms with Crippen molar-refractivity contribution >= 4 is 118 Å². The molecule has 0 saturated carbocycles. The molecule has 2 fully saturated rings. The predicted molar refractivity (Wildman–Crippen MR) is 464 cm³/mol. The zero-order valence-corrected chi connectivity index (χ0v) is 72.8. The second kappa shape index (κ2) is 46.8. The van der Waals surface area contributed by atoms with Crippen molar-refractivity contribution in [3.63, 3.8) is 0 Å². The van der Waals surface area contributed by atoms with Crippen LogP contribution in [0.3, 0.4) is 0 Å². The quantitative estimate of drug-likeness (QED) is 0.0130. The smallest absolute Gasteiger partial charge is 0.408 e. The maximum atomic E-state index is 15.5. The van der Waals surface area contributed by atoms with Crippen LogP contribution in [0.5, 0.6) is 11.5 Å². The highest BCUT2D eigenvalue weighted by atomic mass is 35.5. The van der Waals surface area contributed by atoms with E-state index < -0.39 is 150 Å². The van der Waals surface area contributed by atoms with Crippen molar-refractivity contribution in [3.05, 3.63) is 235 Å². The summed E-state index contributed by atoms with van der Waals surface area (Å²) in [5.74, 6) is -9.37. The number of hydrogen-bond donors (Lipinski definition) is 8. The number of rotatable bonds is 42. The summed E-state index contributed by atoms with van der Waals surface area (Å²) in [6.07, 6.45) is -1.85. The molecule has 7 aromatic carbocycles.